The number of rotatable bonds is 2. The maximum absolute atomic E-state index is 12.4. The van der Waals surface area contributed by atoms with Crippen molar-refractivity contribution >= 4 is 0 Å². The van der Waals surface area contributed by atoms with Gasteiger partial charge < -0.3 is 0 Å². The van der Waals surface area contributed by atoms with Crippen molar-refractivity contribution in [3.63, 3.8) is 0 Å². The van der Waals surface area contributed by atoms with Crippen LogP contribution in [0.15, 0.2) is 59.4 Å². The smallest absolute Gasteiger partial charge is 0.274 e. The van der Waals surface area contributed by atoms with Crippen LogP contribution < -0.4 is 5.56 Å². The molecule has 0 saturated carbocycles. The third kappa shape index (κ3) is 1.97. The molecular weight excluding hydrogens is 248 g/mol. The van der Waals surface area contributed by atoms with Crippen LogP contribution in [0, 0.1) is 13.8 Å². The van der Waals surface area contributed by atoms with Crippen molar-refractivity contribution < 1.29 is 0 Å². The SMILES string of the molecule is Cc1ccccc1-n1[nH]c(-c2ccccc2)c(C)c1=O. The van der Waals surface area contributed by atoms with Crippen molar-refractivity contribution in [2.45, 2.75) is 13.8 Å². The monoisotopic (exact) mass is 264 g/mol. The minimum Gasteiger partial charge on any atom is -0.290 e. The number of hydrogen-bond acceptors (Lipinski definition) is 1. The van der Waals surface area contributed by atoms with E-state index in [1.54, 1.807) is 4.68 Å². The Balaban J connectivity index is 2.22. The van der Waals surface area contributed by atoms with Gasteiger partial charge in [0.05, 0.1) is 11.4 Å². The topological polar surface area (TPSA) is 37.8 Å². The zero-order valence-corrected chi connectivity index (χ0v) is 11.6. The van der Waals surface area contributed by atoms with Crippen LogP contribution in [0.5, 0.6) is 0 Å². The van der Waals surface area contributed by atoms with Gasteiger partial charge >= 0.3 is 0 Å². The van der Waals surface area contributed by atoms with E-state index in [4.69, 9.17) is 0 Å². The molecule has 0 aliphatic carbocycles. The number of nitrogens with zero attached hydrogens (tertiary/aromatic N) is 1. The second-order valence-electron chi connectivity index (χ2n) is 4.90. The zero-order valence-electron chi connectivity index (χ0n) is 11.6. The van der Waals surface area contributed by atoms with Gasteiger partial charge in [-0.05, 0) is 31.0 Å². The number of nitrogens with one attached hydrogen (secondary N) is 1. The fourth-order valence-corrected chi connectivity index (χ4v) is 2.39. The predicted octanol–water partition coefficient (Wildman–Crippen LogP) is 3.45. The first kappa shape index (κ1) is 12.5. The molecule has 1 aromatic heterocycles. The van der Waals surface area contributed by atoms with Gasteiger partial charge in [0.2, 0.25) is 0 Å². The molecule has 3 nitrogen and oxygen atoms in total. The molecule has 100 valence electrons. The molecule has 0 saturated heterocycles. The van der Waals surface area contributed by atoms with Gasteiger partial charge in [-0.2, -0.15) is 0 Å². The molecule has 1 N–H and O–H groups in total. The first-order valence-corrected chi connectivity index (χ1v) is 6.61. The molecule has 0 atom stereocenters. The number of H-pyrrole nitrogens is 1. The van der Waals surface area contributed by atoms with Gasteiger partial charge in [0.25, 0.3) is 5.56 Å². The fraction of sp³-hybridized carbons (Fsp3) is 0.118. The Labute approximate surface area is 117 Å². The quantitative estimate of drug-likeness (QED) is 0.756. The van der Waals surface area contributed by atoms with Crippen LogP contribution in [0.1, 0.15) is 11.1 Å². The summed E-state index contributed by atoms with van der Waals surface area (Å²) in [6.45, 7) is 3.86. The molecule has 3 rings (SSSR count). The zero-order chi connectivity index (χ0) is 14.1. The molecule has 0 unspecified atom stereocenters. The maximum atomic E-state index is 12.4. The van der Waals surface area contributed by atoms with Crippen LogP contribution in [0.2, 0.25) is 0 Å². The lowest BCUT2D eigenvalue weighted by atomic mass is 10.1. The van der Waals surface area contributed by atoms with Crippen LogP contribution in [-0.4, -0.2) is 9.78 Å². The van der Waals surface area contributed by atoms with Crippen LogP contribution in [0.25, 0.3) is 16.9 Å². The maximum Gasteiger partial charge on any atom is 0.274 e. The molecule has 0 fully saturated rings. The summed E-state index contributed by atoms with van der Waals surface area (Å²) in [5.74, 6) is 0. The predicted molar refractivity (Wildman–Crippen MR) is 81.3 cm³/mol. The molecule has 0 radical (unpaired) electrons. The molecule has 3 aromatic rings. The van der Waals surface area contributed by atoms with Crippen molar-refractivity contribution in [2.24, 2.45) is 0 Å². The molecule has 0 amide bonds. The van der Waals surface area contributed by atoms with E-state index in [9.17, 15) is 4.79 Å². The van der Waals surface area contributed by atoms with E-state index >= 15 is 0 Å². The minimum atomic E-state index is -0.00171. The highest BCUT2D eigenvalue weighted by molar-refractivity contribution is 5.62. The molecule has 0 bridgehead atoms. The number of aryl methyl sites for hydroxylation is 1. The van der Waals surface area contributed by atoms with E-state index in [1.165, 1.54) is 0 Å². The minimum absolute atomic E-state index is 0.00171. The van der Waals surface area contributed by atoms with Crippen molar-refractivity contribution in [3.8, 4) is 16.9 Å². The highest BCUT2D eigenvalue weighted by atomic mass is 16.1. The highest BCUT2D eigenvalue weighted by Crippen LogP contribution is 2.20. The second kappa shape index (κ2) is 4.85. The van der Waals surface area contributed by atoms with E-state index < -0.39 is 0 Å². The summed E-state index contributed by atoms with van der Waals surface area (Å²) in [6, 6.07) is 17.8. The van der Waals surface area contributed by atoms with Gasteiger partial charge in [0.1, 0.15) is 0 Å². The van der Waals surface area contributed by atoms with E-state index in [1.807, 2.05) is 68.4 Å². The molecule has 0 aliphatic heterocycles. The van der Waals surface area contributed by atoms with Gasteiger partial charge in [-0.15, -0.1) is 0 Å². The lowest BCUT2D eigenvalue weighted by molar-refractivity contribution is 0.844. The van der Waals surface area contributed by atoms with Crippen LogP contribution >= 0.6 is 0 Å². The van der Waals surface area contributed by atoms with E-state index in [-0.39, 0.29) is 5.56 Å². The molecule has 20 heavy (non-hydrogen) atoms. The largest absolute Gasteiger partial charge is 0.290 e. The normalized spacial score (nSPS) is 10.7. The first-order chi connectivity index (χ1) is 9.68. The van der Waals surface area contributed by atoms with E-state index in [0.717, 1.165) is 28.1 Å². The van der Waals surface area contributed by atoms with Gasteiger partial charge in [0, 0.05) is 5.56 Å². The molecule has 0 spiro atoms. The van der Waals surface area contributed by atoms with E-state index in [0.29, 0.717) is 0 Å². The Bertz CT molecular complexity index is 797. The van der Waals surface area contributed by atoms with Crippen molar-refractivity contribution in [2.75, 3.05) is 0 Å². The first-order valence-electron chi connectivity index (χ1n) is 6.61. The fourth-order valence-electron chi connectivity index (χ4n) is 2.39. The highest BCUT2D eigenvalue weighted by Gasteiger charge is 2.13. The lowest BCUT2D eigenvalue weighted by Gasteiger charge is -2.05. The van der Waals surface area contributed by atoms with Crippen molar-refractivity contribution in [1.29, 1.82) is 0 Å². The lowest BCUT2D eigenvalue weighted by Crippen LogP contribution is -2.16. The van der Waals surface area contributed by atoms with Crippen molar-refractivity contribution in [3.05, 3.63) is 76.1 Å². The third-order valence-corrected chi connectivity index (χ3v) is 3.54. The summed E-state index contributed by atoms with van der Waals surface area (Å²) >= 11 is 0. The van der Waals surface area contributed by atoms with E-state index in [2.05, 4.69) is 5.10 Å². The number of aromatic amines is 1. The Morgan fingerprint density at radius 3 is 2.25 bits per heavy atom. The molecular formula is C17H16N2O. The summed E-state index contributed by atoms with van der Waals surface area (Å²) in [6.07, 6.45) is 0. The summed E-state index contributed by atoms with van der Waals surface area (Å²) < 4.78 is 1.62. The van der Waals surface area contributed by atoms with Gasteiger partial charge in [-0.3, -0.25) is 9.89 Å². The molecule has 2 aromatic carbocycles. The summed E-state index contributed by atoms with van der Waals surface area (Å²) in [5.41, 5.74) is 4.59. The number of hydrogen-bond donors (Lipinski definition) is 1. The standard InChI is InChI=1S/C17H16N2O/c1-12-8-6-7-11-15(12)19-17(20)13(2)16(18-19)14-9-4-3-5-10-14/h3-11,18H,1-2H3. The molecule has 1 heterocycles. The Hall–Kier alpha value is -2.55. The van der Waals surface area contributed by atoms with Gasteiger partial charge in [0.15, 0.2) is 0 Å². The summed E-state index contributed by atoms with van der Waals surface area (Å²) in [7, 11) is 0. The average Bonchev–Trinajstić information content (AvgIpc) is 2.77. The Kier molecular flexibility index (Phi) is 3.03. The van der Waals surface area contributed by atoms with Gasteiger partial charge in [-0.1, -0.05) is 48.5 Å². The number of benzene rings is 2. The molecule has 0 aliphatic rings. The number of aromatic nitrogens is 2. The van der Waals surface area contributed by atoms with Gasteiger partial charge in [-0.25, -0.2) is 4.68 Å². The molecule has 3 heteroatoms. The Morgan fingerprint density at radius 2 is 1.55 bits per heavy atom. The Morgan fingerprint density at radius 1 is 0.900 bits per heavy atom. The summed E-state index contributed by atoms with van der Waals surface area (Å²) in [5, 5.41) is 3.23. The third-order valence-electron chi connectivity index (χ3n) is 3.54. The van der Waals surface area contributed by atoms with Crippen LogP contribution in [0.4, 0.5) is 0 Å². The van der Waals surface area contributed by atoms with Crippen LogP contribution in [-0.2, 0) is 0 Å². The van der Waals surface area contributed by atoms with Crippen LogP contribution in [0.3, 0.4) is 0 Å². The average molecular weight is 264 g/mol. The number of para-hydroxylation sites is 1. The summed E-state index contributed by atoms with van der Waals surface area (Å²) in [4.78, 5) is 12.4. The van der Waals surface area contributed by atoms with Crippen molar-refractivity contribution in [1.82, 2.24) is 9.78 Å². The second-order valence-corrected chi connectivity index (χ2v) is 4.90.